The third-order valence-electron chi connectivity index (χ3n) is 2.81. The Morgan fingerprint density at radius 2 is 2.00 bits per heavy atom. The number of amides is 1. The van der Waals surface area contributed by atoms with Crippen LogP contribution < -0.4 is 5.32 Å². The number of aryl methyl sites for hydroxylation is 1. The molecule has 1 N–H and O–H groups in total. The van der Waals surface area contributed by atoms with Gasteiger partial charge in [-0.1, -0.05) is 39.0 Å². The van der Waals surface area contributed by atoms with Crippen LogP contribution in [0.1, 0.15) is 37.5 Å². The summed E-state index contributed by atoms with van der Waals surface area (Å²) in [4.78, 5) is 11.1. The van der Waals surface area contributed by atoms with E-state index < -0.39 is 0 Å². The molecular formula is C14H20ClNO. The average molecular weight is 254 g/mol. The van der Waals surface area contributed by atoms with E-state index in [-0.39, 0.29) is 17.2 Å². The SMILES string of the molecule is Cc1cc(C(C)(C)C)ccc1CNC(=O)CCl. The summed E-state index contributed by atoms with van der Waals surface area (Å²) in [7, 11) is 0. The molecule has 1 aromatic carbocycles. The second kappa shape index (κ2) is 5.54. The molecule has 0 unspecified atom stereocenters. The highest BCUT2D eigenvalue weighted by molar-refractivity contribution is 6.27. The summed E-state index contributed by atoms with van der Waals surface area (Å²) in [6, 6.07) is 6.38. The zero-order chi connectivity index (χ0) is 13.1. The molecule has 1 amide bonds. The Hall–Kier alpha value is -1.02. The van der Waals surface area contributed by atoms with Crippen molar-refractivity contribution < 1.29 is 4.79 Å². The Bertz CT molecular complexity index is 407. The highest BCUT2D eigenvalue weighted by Gasteiger charge is 2.14. The molecule has 0 aliphatic carbocycles. The first-order chi connectivity index (χ1) is 7.84. The molecule has 0 atom stereocenters. The van der Waals surface area contributed by atoms with Crippen molar-refractivity contribution in [3.8, 4) is 0 Å². The number of rotatable bonds is 3. The van der Waals surface area contributed by atoms with Gasteiger partial charge in [-0.2, -0.15) is 0 Å². The average Bonchev–Trinajstić information content (AvgIpc) is 2.25. The second-order valence-electron chi connectivity index (χ2n) is 5.30. The van der Waals surface area contributed by atoms with Crippen LogP contribution in [0.25, 0.3) is 0 Å². The summed E-state index contributed by atoms with van der Waals surface area (Å²) in [6.07, 6.45) is 0. The summed E-state index contributed by atoms with van der Waals surface area (Å²) in [5.74, 6) is -0.120. The fourth-order valence-corrected chi connectivity index (χ4v) is 1.70. The maximum Gasteiger partial charge on any atom is 0.235 e. The number of halogens is 1. The Kier molecular flexibility index (Phi) is 4.58. The molecule has 94 valence electrons. The van der Waals surface area contributed by atoms with Crippen LogP contribution in [-0.4, -0.2) is 11.8 Å². The van der Waals surface area contributed by atoms with Gasteiger partial charge in [-0.15, -0.1) is 11.6 Å². The zero-order valence-corrected chi connectivity index (χ0v) is 11.7. The van der Waals surface area contributed by atoms with Crippen LogP contribution in [-0.2, 0) is 16.8 Å². The van der Waals surface area contributed by atoms with E-state index in [1.54, 1.807) is 0 Å². The molecule has 1 aromatic rings. The molecule has 17 heavy (non-hydrogen) atoms. The first-order valence-corrected chi connectivity index (χ1v) is 6.30. The number of hydrogen-bond acceptors (Lipinski definition) is 1. The molecule has 0 saturated heterocycles. The van der Waals surface area contributed by atoms with E-state index in [0.29, 0.717) is 6.54 Å². The van der Waals surface area contributed by atoms with E-state index in [2.05, 4.69) is 51.2 Å². The molecule has 0 heterocycles. The van der Waals surface area contributed by atoms with Crippen molar-refractivity contribution >= 4 is 17.5 Å². The molecule has 2 nitrogen and oxygen atoms in total. The quantitative estimate of drug-likeness (QED) is 0.824. The fraction of sp³-hybridized carbons (Fsp3) is 0.500. The van der Waals surface area contributed by atoms with Gasteiger partial charge in [-0.05, 0) is 29.0 Å². The van der Waals surface area contributed by atoms with Crippen molar-refractivity contribution in [2.24, 2.45) is 0 Å². The van der Waals surface area contributed by atoms with E-state index in [4.69, 9.17) is 11.6 Å². The molecule has 0 saturated carbocycles. The van der Waals surface area contributed by atoms with Crippen molar-refractivity contribution in [3.63, 3.8) is 0 Å². The van der Waals surface area contributed by atoms with Crippen LogP contribution in [0.15, 0.2) is 18.2 Å². The van der Waals surface area contributed by atoms with Crippen LogP contribution in [0.2, 0.25) is 0 Å². The summed E-state index contributed by atoms with van der Waals surface area (Å²) >= 11 is 5.43. The molecular weight excluding hydrogens is 234 g/mol. The maximum absolute atomic E-state index is 11.1. The minimum Gasteiger partial charge on any atom is -0.351 e. The van der Waals surface area contributed by atoms with Gasteiger partial charge in [0.1, 0.15) is 5.88 Å². The number of carbonyl (C=O) groups excluding carboxylic acids is 1. The number of hydrogen-bond donors (Lipinski definition) is 1. The van der Waals surface area contributed by atoms with Crippen molar-refractivity contribution in [2.45, 2.75) is 39.7 Å². The van der Waals surface area contributed by atoms with Gasteiger partial charge < -0.3 is 5.32 Å². The largest absolute Gasteiger partial charge is 0.351 e. The molecule has 3 heteroatoms. The molecule has 0 radical (unpaired) electrons. The lowest BCUT2D eigenvalue weighted by Gasteiger charge is -2.20. The summed E-state index contributed by atoms with van der Waals surface area (Å²) in [5, 5.41) is 2.78. The molecule has 0 aliphatic rings. The molecule has 0 fully saturated rings. The van der Waals surface area contributed by atoms with Gasteiger partial charge in [0.2, 0.25) is 5.91 Å². The van der Waals surface area contributed by atoms with Gasteiger partial charge in [0, 0.05) is 6.54 Å². The fourth-order valence-electron chi connectivity index (χ4n) is 1.60. The minimum absolute atomic E-state index is 0.0130. The summed E-state index contributed by atoms with van der Waals surface area (Å²) < 4.78 is 0. The van der Waals surface area contributed by atoms with E-state index >= 15 is 0 Å². The van der Waals surface area contributed by atoms with Crippen molar-refractivity contribution in [1.29, 1.82) is 0 Å². The summed E-state index contributed by atoms with van der Waals surface area (Å²) in [5.41, 5.74) is 3.80. The third-order valence-corrected chi connectivity index (χ3v) is 3.05. The van der Waals surface area contributed by atoms with Gasteiger partial charge >= 0.3 is 0 Å². The topological polar surface area (TPSA) is 29.1 Å². The van der Waals surface area contributed by atoms with Gasteiger partial charge in [0.25, 0.3) is 0 Å². The number of alkyl halides is 1. The third kappa shape index (κ3) is 4.04. The van der Waals surface area contributed by atoms with Gasteiger partial charge in [0.05, 0.1) is 0 Å². The maximum atomic E-state index is 11.1. The lowest BCUT2D eigenvalue weighted by atomic mass is 9.85. The first kappa shape index (κ1) is 14.0. The molecule has 1 rings (SSSR count). The van der Waals surface area contributed by atoms with Crippen LogP contribution in [0.3, 0.4) is 0 Å². The Morgan fingerprint density at radius 3 is 2.47 bits per heavy atom. The van der Waals surface area contributed by atoms with Crippen LogP contribution >= 0.6 is 11.6 Å². The molecule has 0 aliphatic heterocycles. The standard InChI is InChI=1S/C14H20ClNO/c1-10-7-12(14(2,3)4)6-5-11(10)9-16-13(17)8-15/h5-7H,8-9H2,1-4H3,(H,16,17). The Labute approximate surface area is 108 Å². The lowest BCUT2D eigenvalue weighted by molar-refractivity contribution is -0.118. The normalized spacial score (nSPS) is 11.4. The van der Waals surface area contributed by atoms with Crippen molar-refractivity contribution in [1.82, 2.24) is 5.32 Å². The molecule has 0 aromatic heterocycles. The van der Waals surface area contributed by atoms with Crippen molar-refractivity contribution in [3.05, 3.63) is 34.9 Å². The van der Waals surface area contributed by atoms with Crippen LogP contribution in [0.5, 0.6) is 0 Å². The highest BCUT2D eigenvalue weighted by atomic mass is 35.5. The smallest absolute Gasteiger partial charge is 0.235 e. The van der Waals surface area contributed by atoms with Crippen LogP contribution in [0.4, 0.5) is 0 Å². The van der Waals surface area contributed by atoms with Crippen molar-refractivity contribution in [2.75, 3.05) is 5.88 Å². The number of benzene rings is 1. The number of carbonyl (C=O) groups is 1. The second-order valence-corrected chi connectivity index (χ2v) is 5.57. The number of nitrogens with one attached hydrogen (secondary N) is 1. The van der Waals surface area contributed by atoms with E-state index in [1.165, 1.54) is 11.1 Å². The lowest BCUT2D eigenvalue weighted by Crippen LogP contribution is -2.24. The van der Waals surface area contributed by atoms with E-state index in [9.17, 15) is 4.79 Å². The Balaban J connectivity index is 2.80. The highest BCUT2D eigenvalue weighted by Crippen LogP contribution is 2.24. The van der Waals surface area contributed by atoms with Crippen LogP contribution in [0, 0.1) is 6.92 Å². The van der Waals surface area contributed by atoms with E-state index in [1.807, 2.05) is 0 Å². The predicted octanol–water partition coefficient (Wildman–Crippen LogP) is 3.15. The minimum atomic E-state index is -0.133. The Morgan fingerprint density at radius 1 is 1.35 bits per heavy atom. The molecule has 0 spiro atoms. The van der Waals surface area contributed by atoms with E-state index in [0.717, 1.165) is 5.56 Å². The van der Waals surface area contributed by atoms with Gasteiger partial charge in [-0.3, -0.25) is 4.79 Å². The van der Waals surface area contributed by atoms with Gasteiger partial charge in [-0.25, -0.2) is 0 Å². The van der Waals surface area contributed by atoms with Gasteiger partial charge in [0.15, 0.2) is 0 Å². The zero-order valence-electron chi connectivity index (χ0n) is 10.9. The summed E-state index contributed by atoms with van der Waals surface area (Å²) in [6.45, 7) is 9.18. The predicted molar refractivity (Wildman–Crippen MR) is 72.4 cm³/mol. The monoisotopic (exact) mass is 253 g/mol. The molecule has 0 bridgehead atoms. The first-order valence-electron chi connectivity index (χ1n) is 5.77.